The zero-order chi connectivity index (χ0) is 58.5. The molecule has 2 amide bonds. The van der Waals surface area contributed by atoms with Crippen molar-refractivity contribution in [2.45, 2.75) is 125 Å². The molecule has 2 aromatic heterocycles. The van der Waals surface area contributed by atoms with E-state index in [1.807, 2.05) is 39.8 Å². The number of amides is 2. The van der Waals surface area contributed by atoms with Gasteiger partial charge in [0.25, 0.3) is 0 Å². The summed E-state index contributed by atoms with van der Waals surface area (Å²) in [4.78, 5) is 29.9. The molecule has 6 aromatic rings. The van der Waals surface area contributed by atoms with Crippen molar-refractivity contribution in [1.82, 2.24) is 9.55 Å². The third-order valence-electron chi connectivity index (χ3n) is 15.3. The number of aromatic nitrogens is 2. The number of nitrogens with one attached hydrogen (secondary N) is 3. The highest BCUT2D eigenvalue weighted by molar-refractivity contribution is 6.04. The summed E-state index contributed by atoms with van der Waals surface area (Å²) in [5.41, 5.74) is 0.551. The van der Waals surface area contributed by atoms with Gasteiger partial charge in [0, 0.05) is 63.9 Å². The number of benzene rings is 4. The maximum atomic E-state index is 15.5. The van der Waals surface area contributed by atoms with Gasteiger partial charge in [0.15, 0.2) is 23.0 Å². The number of aromatic amines is 1. The fourth-order valence-corrected chi connectivity index (χ4v) is 10.0. The Morgan fingerprint density at radius 3 is 1.56 bits per heavy atom. The maximum Gasteiger partial charge on any atom is 0.586 e. The Kier molecular flexibility index (Phi) is 16.5. The first-order valence-corrected chi connectivity index (χ1v) is 26.3. The Labute approximate surface area is 460 Å². The molecular formula is C57H64F6N4O14. The normalized spacial score (nSPS) is 18.0. The Morgan fingerprint density at radius 1 is 0.617 bits per heavy atom. The van der Waals surface area contributed by atoms with Crippen LogP contribution in [0.15, 0.2) is 72.8 Å². The highest BCUT2D eigenvalue weighted by atomic mass is 19.3. The summed E-state index contributed by atoms with van der Waals surface area (Å²) in [5, 5.41) is 63.2. The molecule has 2 saturated carbocycles. The number of rotatable bonds is 23. The molecule has 0 saturated heterocycles. The van der Waals surface area contributed by atoms with Crippen molar-refractivity contribution in [1.29, 1.82) is 0 Å². The second-order valence-electron chi connectivity index (χ2n) is 22.3. The molecule has 10 rings (SSSR count). The van der Waals surface area contributed by atoms with Crippen LogP contribution in [0.25, 0.3) is 21.8 Å². The van der Waals surface area contributed by atoms with E-state index in [9.17, 15) is 47.6 Å². The number of H-pyrrole nitrogens is 1. The lowest BCUT2D eigenvalue weighted by Gasteiger charge is -2.28. The molecule has 438 valence electrons. The number of hydrogen-bond acceptors (Lipinski definition) is 14. The van der Waals surface area contributed by atoms with E-state index in [0.717, 1.165) is 11.4 Å². The van der Waals surface area contributed by atoms with Gasteiger partial charge in [0.1, 0.15) is 23.8 Å². The second-order valence-corrected chi connectivity index (χ2v) is 22.3. The molecule has 0 radical (unpaired) electrons. The lowest BCUT2D eigenvalue weighted by molar-refractivity contribution is -0.287. The number of aliphatic hydroxyl groups excluding tert-OH is 6. The summed E-state index contributed by atoms with van der Waals surface area (Å²) in [7, 11) is 0. The van der Waals surface area contributed by atoms with Crippen LogP contribution in [0.2, 0.25) is 0 Å². The van der Waals surface area contributed by atoms with E-state index in [0.29, 0.717) is 78.1 Å². The van der Waals surface area contributed by atoms with Crippen molar-refractivity contribution in [3.63, 3.8) is 0 Å². The fourth-order valence-electron chi connectivity index (χ4n) is 10.0. The standard InChI is InChI=1S/C30H35F3N2O8.C27H29F3N2O6/c1-28(2,7-8-41-16-20(39)15-37)26-10-17-9-22(21(31)12-23(17)35(26)13-19(38)14-36)34-27(40)29(5-6-29)18-3-4-24-25(11-18)43-30(32,33)42-24;1-25(2,7-8-36-14-17(34)13-33)23-10-15-9-20(18(28)12-19(15)31-23)32-24(35)26(5-6-26)16-3-4-21-22(11-16)38-27(29,30)37-21/h3-4,9-12,19-20,36-39H,5-8,13-16H2,1-2H3,(H,34,40);3-4,9-12,17,31,33-34H,5-8,13-14H2,1-2H3,(H,32,35)/t19-,20+;17-/m10/s1. The summed E-state index contributed by atoms with van der Waals surface area (Å²) in [6.45, 7) is 7.18. The summed E-state index contributed by atoms with van der Waals surface area (Å²) < 4.78 is 115. The molecular weight excluding hydrogens is 1080 g/mol. The molecule has 24 heteroatoms. The Bertz CT molecular complexity index is 3300. The molecule has 2 aliphatic carbocycles. The van der Waals surface area contributed by atoms with Crippen LogP contribution in [-0.2, 0) is 47.3 Å². The van der Waals surface area contributed by atoms with Gasteiger partial charge in [-0.3, -0.25) is 9.59 Å². The number of nitrogens with zero attached hydrogens (tertiary/aromatic N) is 1. The smallest absolute Gasteiger partial charge is 0.395 e. The first kappa shape index (κ1) is 59.0. The Morgan fingerprint density at radius 2 is 1.07 bits per heavy atom. The molecule has 81 heavy (non-hydrogen) atoms. The third-order valence-corrected chi connectivity index (χ3v) is 15.3. The van der Waals surface area contributed by atoms with Gasteiger partial charge in [-0.2, -0.15) is 0 Å². The van der Waals surface area contributed by atoms with Crippen LogP contribution in [-0.4, -0.2) is 129 Å². The largest absolute Gasteiger partial charge is 0.586 e. The average molecular weight is 1140 g/mol. The topological polar surface area (TPSA) is 256 Å². The minimum atomic E-state index is -3.79. The van der Waals surface area contributed by atoms with Gasteiger partial charge in [-0.15, -0.1) is 17.6 Å². The van der Waals surface area contributed by atoms with Gasteiger partial charge < -0.3 is 79.2 Å². The summed E-state index contributed by atoms with van der Waals surface area (Å²) >= 11 is 0. The number of carbonyl (C=O) groups is 2. The molecule has 4 aliphatic rings. The van der Waals surface area contributed by atoms with Crippen LogP contribution in [0.4, 0.5) is 37.7 Å². The van der Waals surface area contributed by atoms with E-state index >= 15 is 8.78 Å². The zero-order valence-corrected chi connectivity index (χ0v) is 44.7. The third kappa shape index (κ3) is 12.7. The average Bonchev–Trinajstić information content (AvgIpc) is 4.34. The summed E-state index contributed by atoms with van der Waals surface area (Å²) in [5.74, 6) is -2.81. The zero-order valence-electron chi connectivity index (χ0n) is 44.7. The van der Waals surface area contributed by atoms with E-state index in [1.165, 1.54) is 48.5 Å². The molecule has 2 aliphatic heterocycles. The van der Waals surface area contributed by atoms with Crippen molar-refractivity contribution < 1.29 is 95.0 Å². The van der Waals surface area contributed by atoms with Crippen molar-refractivity contribution in [3.8, 4) is 23.0 Å². The lowest BCUT2D eigenvalue weighted by atomic mass is 9.85. The second kappa shape index (κ2) is 22.6. The van der Waals surface area contributed by atoms with E-state index in [2.05, 4.69) is 34.6 Å². The first-order valence-electron chi connectivity index (χ1n) is 26.3. The number of fused-ring (bicyclic) bond motifs is 4. The predicted octanol–water partition coefficient (Wildman–Crippen LogP) is 7.50. The fraction of sp³-hybridized carbons (Fsp3) is 0.474. The molecule has 9 N–H and O–H groups in total. The monoisotopic (exact) mass is 1140 g/mol. The molecule has 0 spiro atoms. The van der Waals surface area contributed by atoms with Gasteiger partial charge in [0.2, 0.25) is 11.8 Å². The van der Waals surface area contributed by atoms with Crippen molar-refractivity contribution in [3.05, 3.63) is 107 Å². The number of hydrogen-bond donors (Lipinski definition) is 9. The van der Waals surface area contributed by atoms with Crippen LogP contribution < -0.4 is 29.6 Å². The molecule has 4 aromatic carbocycles. The number of carbonyl (C=O) groups excluding carboxylic acids is 2. The number of anilines is 2. The van der Waals surface area contributed by atoms with E-state index in [1.54, 1.807) is 16.7 Å². The van der Waals surface area contributed by atoms with Crippen LogP contribution in [0.5, 0.6) is 23.0 Å². The van der Waals surface area contributed by atoms with Crippen LogP contribution >= 0.6 is 0 Å². The minimum Gasteiger partial charge on any atom is -0.395 e. The highest BCUT2D eigenvalue weighted by Gasteiger charge is 2.54. The molecule has 3 atom stereocenters. The minimum absolute atomic E-state index is 0.0136. The van der Waals surface area contributed by atoms with Gasteiger partial charge in [0.05, 0.1) is 73.4 Å². The molecule has 4 heterocycles. The van der Waals surface area contributed by atoms with E-state index in [-0.39, 0.29) is 72.8 Å². The summed E-state index contributed by atoms with van der Waals surface area (Å²) in [6, 6.07) is 17.8. The molecule has 0 unspecified atom stereocenters. The van der Waals surface area contributed by atoms with Crippen LogP contribution in [0.3, 0.4) is 0 Å². The van der Waals surface area contributed by atoms with Crippen molar-refractivity contribution in [2.24, 2.45) is 0 Å². The SMILES string of the molecule is CC(C)(CCOC[C@@H](O)CO)c1cc2cc(NC(=O)C3(c4ccc5c(c4)OC(F)(F)O5)CC3)c(F)cc2[nH]1.CC(C)(CCOC[C@@H](O)CO)c1cc2cc(NC(=O)C3(c4ccc5c(c4)OC(F)(F)O5)CC3)c(F)cc2n1C[C@@H](O)CO. The molecule has 2 fully saturated rings. The summed E-state index contributed by atoms with van der Waals surface area (Å²) in [6.07, 6.45) is -7.64. The first-order chi connectivity index (χ1) is 38.2. The van der Waals surface area contributed by atoms with Crippen molar-refractivity contribution >= 4 is 45.0 Å². The number of aliphatic hydroxyl groups is 6. The van der Waals surface area contributed by atoms with Crippen LogP contribution in [0.1, 0.15) is 88.7 Å². The molecule has 0 bridgehead atoms. The molecule has 18 nitrogen and oxygen atoms in total. The predicted molar refractivity (Wildman–Crippen MR) is 281 cm³/mol. The van der Waals surface area contributed by atoms with Gasteiger partial charge in [-0.05, 0) is 98.2 Å². The van der Waals surface area contributed by atoms with Gasteiger partial charge in [-0.25, -0.2) is 8.78 Å². The Hall–Kier alpha value is -6.64. The Balaban J connectivity index is 0.000000197. The van der Waals surface area contributed by atoms with E-state index in [4.69, 9.17) is 19.7 Å². The quantitative estimate of drug-likeness (QED) is 0.0223. The number of halogens is 6. The maximum absolute atomic E-state index is 15.5. The highest BCUT2D eigenvalue weighted by Crippen LogP contribution is 2.54. The van der Waals surface area contributed by atoms with Crippen molar-refractivity contribution in [2.75, 3.05) is 56.9 Å². The van der Waals surface area contributed by atoms with E-state index < -0.39 is 83.8 Å². The van der Waals surface area contributed by atoms with Gasteiger partial charge in [-0.1, -0.05) is 39.8 Å². The number of alkyl halides is 4. The lowest BCUT2D eigenvalue weighted by Crippen LogP contribution is -2.29. The van der Waals surface area contributed by atoms with Crippen LogP contribution in [0, 0.1) is 11.6 Å². The van der Waals surface area contributed by atoms with Gasteiger partial charge >= 0.3 is 12.6 Å². The number of ether oxygens (including phenoxy) is 6.